The molecule has 0 saturated carbocycles. The van der Waals surface area contributed by atoms with E-state index in [0.29, 0.717) is 24.2 Å². The second-order valence-electron chi connectivity index (χ2n) is 6.66. The Labute approximate surface area is 159 Å². The van der Waals surface area contributed by atoms with Gasteiger partial charge in [0.25, 0.3) is 11.8 Å². The van der Waals surface area contributed by atoms with Gasteiger partial charge in [0, 0.05) is 30.3 Å². The number of carbonyl (C=O) groups is 2. The fraction of sp³-hybridized carbons (Fsp3) is 0.333. The van der Waals surface area contributed by atoms with Gasteiger partial charge in [0.05, 0.1) is 0 Å². The predicted octanol–water partition coefficient (Wildman–Crippen LogP) is 2.36. The van der Waals surface area contributed by atoms with Crippen LogP contribution >= 0.6 is 0 Å². The van der Waals surface area contributed by atoms with Crippen LogP contribution in [0, 0.1) is 0 Å². The maximum absolute atomic E-state index is 12.5. The molecule has 2 amide bonds. The minimum Gasteiger partial charge on any atom is -0.480 e. The lowest BCUT2D eigenvalue weighted by molar-refractivity contribution is -0.122. The number of rotatable bonds is 7. The molecule has 1 aliphatic heterocycles. The molecule has 0 aliphatic carbocycles. The van der Waals surface area contributed by atoms with Gasteiger partial charge in [0.15, 0.2) is 6.10 Å². The predicted molar refractivity (Wildman–Crippen MR) is 105 cm³/mol. The Hall–Kier alpha value is -2.86. The zero-order valence-electron chi connectivity index (χ0n) is 15.6. The second-order valence-corrected chi connectivity index (χ2v) is 6.66. The third kappa shape index (κ3) is 4.86. The lowest BCUT2D eigenvalue weighted by atomic mass is 10.1. The first-order valence-electron chi connectivity index (χ1n) is 9.24. The number of benzene rings is 2. The Bertz CT molecular complexity index is 797. The molecule has 6 heteroatoms. The summed E-state index contributed by atoms with van der Waals surface area (Å²) in [7, 11) is 0. The molecule has 1 aliphatic rings. The number of ether oxygens (including phenoxy) is 1. The highest BCUT2D eigenvalue weighted by atomic mass is 16.5. The highest BCUT2D eigenvalue weighted by Gasteiger charge is 2.28. The topological polar surface area (TPSA) is 79.5 Å². The van der Waals surface area contributed by atoms with Gasteiger partial charge >= 0.3 is 0 Å². The summed E-state index contributed by atoms with van der Waals surface area (Å²) in [5.41, 5.74) is 2.11. The number of hydrogen-bond donors (Lipinski definition) is 3. The molecule has 2 atom stereocenters. The van der Waals surface area contributed by atoms with Crippen molar-refractivity contribution >= 4 is 17.5 Å². The number of amides is 2. The van der Waals surface area contributed by atoms with E-state index in [0.717, 1.165) is 17.9 Å². The van der Waals surface area contributed by atoms with Crippen molar-refractivity contribution in [2.24, 2.45) is 0 Å². The molecule has 1 heterocycles. The Morgan fingerprint density at radius 1 is 1.19 bits per heavy atom. The SMILES string of the molecule is CCN[C@H](C)CNC(=O)c1cccc(NC(=O)C2Cc3ccccc3O2)c1. The van der Waals surface area contributed by atoms with Crippen molar-refractivity contribution in [2.45, 2.75) is 32.4 Å². The maximum Gasteiger partial charge on any atom is 0.265 e. The first-order chi connectivity index (χ1) is 13.1. The minimum atomic E-state index is -0.555. The van der Waals surface area contributed by atoms with Gasteiger partial charge in [0.1, 0.15) is 5.75 Å². The van der Waals surface area contributed by atoms with Crippen molar-refractivity contribution in [3.63, 3.8) is 0 Å². The van der Waals surface area contributed by atoms with Crippen LogP contribution in [0.25, 0.3) is 0 Å². The normalized spacial score (nSPS) is 16.1. The van der Waals surface area contributed by atoms with Crippen molar-refractivity contribution in [3.8, 4) is 5.75 Å². The van der Waals surface area contributed by atoms with Gasteiger partial charge in [-0.3, -0.25) is 9.59 Å². The number of hydrogen-bond acceptors (Lipinski definition) is 4. The zero-order valence-corrected chi connectivity index (χ0v) is 15.6. The van der Waals surface area contributed by atoms with Gasteiger partial charge in [-0.25, -0.2) is 0 Å². The van der Waals surface area contributed by atoms with Crippen LogP contribution in [0.1, 0.15) is 29.8 Å². The highest BCUT2D eigenvalue weighted by molar-refractivity contribution is 5.98. The van der Waals surface area contributed by atoms with Crippen LogP contribution in [-0.2, 0) is 11.2 Å². The Morgan fingerprint density at radius 3 is 2.78 bits per heavy atom. The van der Waals surface area contributed by atoms with Crippen molar-refractivity contribution < 1.29 is 14.3 Å². The monoisotopic (exact) mass is 367 g/mol. The Balaban J connectivity index is 1.58. The first kappa shape index (κ1) is 18.9. The van der Waals surface area contributed by atoms with E-state index in [1.165, 1.54) is 0 Å². The number of carbonyl (C=O) groups excluding carboxylic acids is 2. The number of para-hydroxylation sites is 1. The van der Waals surface area contributed by atoms with Crippen LogP contribution in [0.15, 0.2) is 48.5 Å². The fourth-order valence-electron chi connectivity index (χ4n) is 3.06. The summed E-state index contributed by atoms with van der Waals surface area (Å²) in [6, 6.07) is 14.8. The maximum atomic E-state index is 12.5. The van der Waals surface area contributed by atoms with Crippen LogP contribution in [0.4, 0.5) is 5.69 Å². The molecular formula is C21H25N3O3. The summed E-state index contributed by atoms with van der Waals surface area (Å²) < 4.78 is 5.71. The summed E-state index contributed by atoms with van der Waals surface area (Å²) in [5.74, 6) is 0.366. The molecular weight excluding hydrogens is 342 g/mol. The highest BCUT2D eigenvalue weighted by Crippen LogP contribution is 2.28. The molecule has 0 spiro atoms. The third-order valence-electron chi connectivity index (χ3n) is 4.45. The number of anilines is 1. The molecule has 0 aromatic heterocycles. The Kier molecular flexibility index (Phi) is 6.08. The molecule has 2 aromatic rings. The van der Waals surface area contributed by atoms with E-state index < -0.39 is 6.10 Å². The van der Waals surface area contributed by atoms with Crippen LogP contribution < -0.4 is 20.7 Å². The van der Waals surface area contributed by atoms with Crippen LogP contribution in [-0.4, -0.2) is 37.0 Å². The number of nitrogens with one attached hydrogen (secondary N) is 3. The smallest absolute Gasteiger partial charge is 0.265 e. The standard InChI is InChI=1S/C21H25N3O3/c1-3-22-14(2)13-23-20(25)16-8-6-9-17(11-16)24-21(26)19-12-15-7-4-5-10-18(15)27-19/h4-11,14,19,22H,3,12-13H2,1-2H3,(H,23,25)(H,24,26)/t14-,19?/m1/s1. The van der Waals surface area contributed by atoms with Crippen molar-refractivity contribution in [1.82, 2.24) is 10.6 Å². The minimum absolute atomic E-state index is 0.166. The van der Waals surface area contributed by atoms with Crippen LogP contribution in [0.2, 0.25) is 0 Å². The summed E-state index contributed by atoms with van der Waals surface area (Å²) in [6.07, 6.45) is -0.00864. The van der Waals surface area contributed by atoms with Gasteiger partial charge in [-0.2, -0.15) is 0 Å². The molecule has 3 rings (SSSR count). The van der Waals surface area contributed by atoms with Gasteiger partial charge in [-0.05, 0) is 43.3 Å². The largest absolute Gasteiger partial charge is 0.480 e. The molecule has 1 unspecified atom stereocenters. The van der Waals surface area contributed by atoms with Gasteiger partial charge in [-0.15, -0.1) is 0 Å². The van der Waals surface area contributed by atoms with E-state index in [4.69, 9.17) is 4.74 Å². The van der Waals surface area contributed by atoms with Crippen LogP contribution in [0.5, 0.6) is 5.75 Å². The van der Waals surface area contributed by atoms with Gasteiger partial charge < -0.3 is 20.7 Å². The van der Waals surface area contributed by atoms with Crippen LogP contribution in [0.3, 0.4) is 0 Å². The molecule has 6 nitrogen and oxygen atoms in total. The molecule has 0 fully saturated rings. The van der Waals surface area contributed by atoms with E-state index in [1.54, 1.807) is 24.3 Å². The fourth-order valence-corrected chi connectivity index (χ4v) is 3.06. The molecule has 2 aromatic carbocycles. The average molecular weight is 367 g/mol. The van der Waals surface area contributed by atoms with E-state index in [-0.39, 0.29) is 17.9 Å². The van der Waals surface area contributed by atoms with E-state index in [9.17, 15) is 9.59 Å². The third-order valence-corrected chi connectivity index (χ3v) is 4.45. The van der Waals surface area contributed by atoms with E-state index in [2.05, 4.69) is 16.0 Å². The number of likely N-dealkylation sites (N-methyl/N-ethyl adjacent to an activating group) is 1. The molecule has 0 saturated heterocycles. The Morgan fingerprint density at radius 2 is 2.00 bits per heavy atom. The summed E-state index contributed by atoms with van der Waals surface area (Å²) in [5, 5.41) is 8.98. The van der Waals surface area contributed by atoms with Gasteiger partial charge in [0.2, 0.25) is 0 Å². The van der Waals surface area contributed by atoms with Gasteiger partial charge in [-0.1, -0.05) is 31.2 Å². The van der Waals surface area contributed by atoms with E-state index >= 15 is 0 Å². The molecule has 0 bridgehead atoms. The molecule has 142 valence electrons. The summed E-state index contributed by atoms with van der Waals surface area (Å²) in [4.78, 5) is 24.8. The summed E-state index contributed by atoms with van der Waals surface area (Å²) >= 11 is 0. The molecule has 3 N–H and O–H groups in total. The quantitative estimate of drug-likeness (QED) is 0.702. The van der Waals surface area contributed by atoms with E-state index in [1.807, 2.05) is 38.1 Å². The second kappa shape index (κ2) is 8.68. The van der Waals surface area contributed by atoms with Crippen molar-refractivity contribution in [2.75, 3.05) is 18.4 Å². The number of fused-ring (bicyclic) bond motifs is 1. The zero-order chi connectivity index (χ0) is 19.2. The van der Waals surface area contributed by atoms with Crippen molar-refractivity contribution in [1.29, 1.82) is 0 Å². The molecule has 27 heavy (non-hydrogen) atoms. The lowest BCUT2D eigenvalue weighted by Gasteiger charge is -2.14. The first-order valence-corrected chi connectivity index (χ1v) is 9.24. The average Bonchev–Trinajstić information content (AvgIpc) is 3.11. The molecule has 0 radical (unpaired) electrons. The lowest BCUT2D eigenvalue weighted by Crippen LogP contribution is -2.38. The van der Waals surface area contributed by atoms with Crippen molar-refractivity contribution in [3.05, 3.63) is 59.7 Å². The summed E-state index contributed by atoms with van der Waals surface area (Å²) in [6.45, 7) is 5.43.